The number of halogens is 1. The third-order valence-corrected chi connectivity index (χ3v) is 5.41. The molecule has 0 spiro atoms. The number of hydrogen-bond acceptors (Lipinski definition) is 5. The van der Waals surface area contributed by atoms with Crippen molar-refractivity contribution in [3.05, 3.63) is 27.7 Å². The second-order valence-electron chi connectivity index (χ2n) is 5.00. The minimum atomic E-state index is 0.0786. The van der Waals surface area contributed by atoms with Gasteiger partial charge in [-0.2, -0.15) is 0 Å². The van der Waals surface area contributed by atoms with E-state index >= 15 is 0 Å². The van der Waals surface area contributed by atoms with Crippen molar-refractivity contribution in [1.82, 2.24) is 19.7 Å². The SMILES string of the molecule is CN(Cc1ccc(Cl)s1)C(=O)CSc1nncn1C1CC1. The Morgan fingerprint density at radius 3 is 3.05 bits per heavy atom. The Bertz CT molecular complexity index is 638. The molecule has 0 atom stereocenters. The van der Waals surface area contributed by atoms with Gasteiger partial charge in [-0.15, -0.1) is 21.5 Å². The molecule has 1 amide bonds. The summed E-state index contributed by atoms with van der Waals surface area (Å²) in [4.78, 5) is 15.0. The van der Waals surface area contributed by atoms with Crippen molar-refractivity contribution in [1.29, 1.82) is 0 Å². The molecular formula is C13H15ClN4OS2. The number of hydrogen-bond donors (Lipinski definition) is 0. The molecule has 5 nitrogen and oxygen atoms in total. The van der Waals surface area contributed by atoms with Crippen molar-refractivity contribution >= 4 is 40.6 Å². The number of amides is 1. The monoisotopic (exact) mass is 342 g/mol. The Morgan fingerprint density at radius 1 is 1.57 bits per heavy atom. The van der Waals surface area contributed by atoms with Gasteiger partial charge in [-0.1, -0.05) is 23.4 Å². The van der Waals surface area contributed by atoms with Gasteiger partial charge < -0.3 is 9.47 Å². The zero-order valence-electron chi connectivity index (χ0n) is 11.5. The number of carbonyl (C=O) groups is 1. The molecule has 8 heteroatoms. The molecule has 3 rings (SSSR count). The predicted molar refractivity (Wildman–Crippen MR) is 84.8 cm³/mol. The van der Waals surface area contributed by atoms with Crippen LogP contribution in [0.1, 0.15) is 23.8 Å². The molecule has 0 aromatic carbocycles. The van der Waals surface area contributed by atoms with Gasteiger partial charge in [0.2, 0.25) is 5.91 Å². The topological polar surface area (TPSA) is 51.0 Å². The maximum Gasteiger partial charge on any atom is 0.233 e. The second kappa shape index (κ2) is 6.37. The van der Waals surface area contributed by atoms with Crippen molar-refractivity contribution in [2.75, 3.05) is 12.8 Å². The van der Waals surface area contributed by atoms with Crippen LogP contribution in [0.5, 0.6) is 0 Å². The van der Waals surface area contributed by atoms with E-state index in [1.165, 1.54) is 35.9 Å². The molecule has 2 heterocycles. The van der Waals surface area contributed by atoms with Crippen molar-refractivity contribution in [3.63, 3.8) is 0 Å². The molecule has 0 bridgehead atoms. The minimum Gasteiger partial charge on any atom is -0.340 e. The van der Waals surface area contributed by atoms with Crippen LogP contribution in [0.3, 0.4) is 0 Å². The zero-order chi connectivity index (χ0) is 14.8. The third kappa shape index (κ3) is 3.78. The lowest BCUT2D eigenvalue weighted by molar-refractivity contribution is -0.127. The molecule has 0 N–H and O–H groups in total. The van der Waals surface area contributed by atoms with Crippen molar-refractivity contribution in [2.24, 2.45) is 0 Å². The van der Waals surface area contributed by atoms with Crippen LogP contribution in [0.25, 0.3) is 0 Å². The number of aromatic nitrogens is 3. The van der Waals surface area contributed by atoms with Gasteiger partial charge in [-0.3, -0.25) is 4.79 Å². The summed E-state index contributed by atoms with van der Waals surface area (Å²) in [5.74, 6) is 0.455. The molecule has 2 aromatic rings. The maximum atomic E-state index is 12.2. The highest BCUT2D eigenvalue weighted by Gasteiger charge is 2.26. The van der Waals surface area contributed by atoms with E-state index in [0.717, 1.165) is 14.4 Å². The lowest BCUT2D eigenvalue weighted by Crippen LogP contribution is -2.27. The second-order valence-corrected chi connectivity index (χ2v) is 7.74. The van der Waals surface area contributed by atoms with Gasteiger partial charge in [0.1, 0.15) is 6.33 Å². The summed E-state index contributed by atoms with van der Waals surface area (Å²) >= 11 is 8.85. The molecule has 0 radical (unpaired) electrons. The summed E-state index contributed by atoms with van der Waals surface area (Å²) in [5, 5.41) is 8.85. The number of thioether (sulfide) groups is 1. The van der Waals surface area contributed by atoms with E-state index in [2.05, 4.69) is 14.8 Å². The Hall–Kier alpha value is -1.05. The van der Waals surface area contributed by atoms with E-state index in [1.54, 1.807) is 11.2 Å². The van der Waals surface area contributed by atoms with Crippen LogP contribution in [-0.2, 0) is 11.3 Å². The lowest BCUT2D eigenvalue weighted by atomic mass is 10.4. The molecule has 1 aliphatic carbocycles. The van der Waals surface area contributed by atoms with E-state index in [4.69, 9.17) is 11.6 Å². The van der Waals surface area contributed by atoms with Gasteiger partial charge in [0.05, 0.1) is 16.6 Å². The van der Waals surface area contributed by atoms with Gasteiger partial charge in [0.25, 0.3) is 0 Å². The van der Waals surface area contributed by atoms with E-state index < -0.39 is 0 Å². The molecular weight excluding hydrogens is 328 g/mol. The molecule has 21 heavy (non-hydrogen) atoms. The molecule has 0 unspecified atom stereocenters. The number of thiophene rings is 1. The summed E-state index contributed by atoms with van der Waals surface area (Å²) in [6, 6.07) is 4.34. The standard InChI is InChI=1S/C13H15ClN4OS2/c1-17(6-10-4-5-11(14)21-10)12(19)7-20-13-16-15-8-18(13)9-2-3-9/h4-5,8-9H,2-3,6-7H2,1H3. The third-order valence-electron chi connectivity index (χ3n) is 3.25. The summed E-state index contributed by atoms with van der Waals surface area (Å²) in [5.41, 5.74) is 0. The molecule has 1 aliphatic rings. The summed E-state index contributed by atoms with van der Waals surface area (Å²) in [6.45, 7) is 0.589. The highest BCUT2D eigenvalue weighted by molar-refractivity contribution is 7.99. The Labute approximate surface area is 136 Å². The largest absolute Gasteiger partial charge is 0.340 e. The fourth-order valence-electron chi connectivity index (χ4n) is 1.93. The first-order chi connectivity index (χ1) is 10.1. The summed E-state index contributed by atoms with van der Waals surface area (Å²) in [7, 11) is 1.81. The van der Waals surface area contributed by atoms with Gasteiger partial charge in [0.15, 0.2) is 5.16 Å². The molecule has 0 saturated heterocycles. The Balaban J connectivity index is 1.52. The van der Waals surface area contributed by atoms with Crippen molar-refractivity contribution < 1.29 is 4.79 Å². The molecule has 1 saturated carbocycles. The van der Waals surface area contributed by atoms with E-state index in [1.807, 2.05) is 19.2 Å². The van der Waals surface area contributed by atoms with E-state index in [-0.39, 0.29) is 5.91 Å². The Kier molecular flexibility index (Phi) is 4.51. The van der Waals surface area contributed by atoms with Crippen LogP contribution in [0.15, 0.2) is 23.6 Å². The first-order valence-corrected chi connectivity index (χ1v) is 8.82. The molecule has 2 aromatic heterocycles. The average molecular weight is 343 g/mol. The highest BCUT2D eigenvalue weighted by Crippen LogP contribution is 2.37. The normalized spacial score (nSPS) is 14.4. The predicted octanol–water partition coefficient (Wildman–Crippen LogP) is 3.08. The smallest absolute Gasteiger partial charge is 0.233 e. The van der Waals surface area contributed by atoms with Gasteiger partial charge >= 0.3 is 0 Å². The zero-order valence-corrected chi connectivity index (χ0v) is 13.9. The number of nitrogens with zero attached hydrogens (tertiary/aromatic N) is 4. The first-order valence-electron chi connectivity index (χ1n) is 6.64. The molecule has 112 valence electrons. The fourth-order valence-corrected chi connectivity index (χ4v) is 4.00. The van der Waals surface area contributed by atoms with E-state index in [9.17, 15) is 4.79 Å². The minimum absolute atomic E-state index is 0.0786. The van der Waals surface area contributed by atoms with Crippen LogP contribution in [-0.4, -0.2) is 38.4 Å². The maximum absolute atomic E-state index is 12.2. The molecule has 0 aliphatic heterocycles. The molecule has 1 fully saturated rings. The van der Waals surface area contributed by atoms with Gasteiger partial charge in [-0.05, 0) is 25.0 Å². The average Bonchev–Trinajstić information content (AvgIpc) is 3.06. The lowest BCUT2D eigenvalue weighted by Gasteiger charge is -2.15. The van der Waals surface area contributed by atoms with Gasteiger partial charge in [0, 0.05) is 18.0 Å². The number of rotatable bonds is 6. The van der Waals surface area contributed by atoms with Crippen LogP contribution < -0.4 is 0 Å². The van der Waals surface area contributed by atoms with Crippen LogP contribution >= 0.6 is 34.7 Å². The van der Waals surface area contributed by atoms with Gasteiger partial charge in [-0.25, -0.2) is 0 Å². The van der Waals surface area contributed by atoms with E-state index in [0.29, 0.717) is 18.3 Å². The quantitative estimate of drug-likeness (QED) is 0.757. The van der Waals surface area contributed by atoms with Crippen molar-refractivity contribution in [3.8, 4) is 0 Å². The van der Waals surface area contributed by atoms with Crippen molar-refractivity contribution in [2.45, 2.75) is 30.6 Å². The number of carbonyl (C=O) groups excluding carboxylic acids is 1. The van der Waals surface area contributed by atoms with Crippen LogP contribution in [0.2, 0.25) is 4.34 Å². The fraction of sp³-hybridized carbons (Fsp3) is 0.462. The highest BCUT2D eigenvalue weighted by atomic mass is 35.5. The van der Waals surface area contributed by atoms with Crippen LogP contribution in [0, 0.1) is 0 Å². The van der Waals surface area contributed by atoms with Crippen LogP contribution in [0.4, 0.5) is 0 Å². The first kappa shape index (κ1) is 14.9. The Morgan fingerprint density at radius 2 is 2.38 bits per heavy atom. The summed E-state index contributed by atoms with van der Waals surface area (Å²) in [6.07, 6.45) is 4.11. The summed E-state index contributed by atoms with van der Waals surface area (Å²) < 4.78 is 2.81.